The van der Waals surface area contributed by atoms with Crippen molar-refractivity contribution < 1.29 is 19.1 Å². The van der Waals surface area contributed by atoms with Gasteiger partial charge in [-0.2, -0.15) is 0 Å². The zero-order chi connectivity index (χ0) is 19.6. The first kappa shape index (κ1) is 19.4. The molecule has 6 nitrogen and oxygen atoms in total. The number of primary amides is 1. The minimum Gasteiger partial charge on any atom is -0.452 e. The molecule has 0 unspecified atom stereocenters. The Labute approximate surface area is 165 Å². The quantitative estimate of drug-likeness (QED) is 0.720. The molecule has 0 saturated carbocycles. The van der Waals surface area contributed by atoms with Crippen LogP contribution in [-0.2, 0) is 33.6 Å². The largest absolute Gasteiger partial charge is 0.452 e. The van der Waals surface area contributed by atoms with Crippen LogP contribution in [0.3, 0.4) is 0 Å². The predicted octanol–water partition coefficient (Wildman–Crippen LogP) is 3.10. The summed E-state index contributed by atoms with van der Waals surface area (Å²) in [6.45, 7) is 1.48. The van der Waals surface area contributed by atoms with Crippen LogP contribution < -0.4 is 11.1 Å². The lowest BCUT2D eigenvalue weighted by Crippen LogP contribution is -2.31. The Morgan fingerprint density at radius 2 is 2.04 bits per heavy atom. The molecule has 27 heavy (non-hydrogen) atoms. The normalized spacial score (nSPS) is 13.7. The molecular weight excluding hydrogens is 388 g/mol. The summed E-state index contributed by atoms with van der Waals surface area (Å²) in [6.07, 6.45) is 1.58. The van der Waals surface area contributed by atoms with E-state index in [1.54, 1.807) is 24.3 Å². The molecule has 0 fully saturated rings. The average molecular weight is 407 g/mol. The van der Waals surface area contributed by atoms with Gasteiger partial charge in [0.25, 0.3) is 11.8 Å². The summed E-state index contributed by atoms with van der Waals surface area (Å²) in [5.41, 5.74) is 7.40. The van der Waals surface area contributed by atoms with E-state index >= 15 is 0 Å². The van der Waals surface area contributed by atoms with Crippen LogP contribution in [0.4, 0.5) is 5.00 Å². The van der Waals surface area contributed by atoms with Gasteiger partial charge in [0.1, 0.15) is 5.00 Å². The van der Waals surface area contributed by atoms with Crippen molar-refractivity contribution in [2.24, 2.45) is 5.73 Å². The number of benzene rings is 1. The number of esters is 1. The number of ether oxygens (including phenoxy) is 1. The standard InChI is InChI=1S/C19H19ClN2O4S/c1-10(26-15(23)9-11-5-2-3-7-13(11)20)18(25)22-19-16(17(21)24)12-6-4-8-14(12)27-19/h2-3,5,7,10H,4,6,8-9H2,1H3,(H2,21,24)(H,22,25)/t10-/m0/s1. The molecule has 8 heteroatoms. The summed E-state index contributed by atoms with van der Waals surface area (Å²) >= 11 is 7.38. The number of fused-ring (bicyclic) bond motifs is 1. The Kier molecular flexibility index (Phi) is 5.82. The molecule has 1 atom stereocenters. The summed E-state index contributed by atoms with van der Waals surface area (Å²) < 4.78 is 5.20. The smallest absolute Gasteiger partial charge is 0.311 e. The number of nitrogens with one attached hydrogen (secondary N) is 1. The van der Waals surface area contributed by atoms with E-state index in [9.17, 15) is 14.4 Å². The molecule has 1 aromatic heterocycles. The fourth-order valence-electron chi connectivity index (χ4n) is 3.06. The second kappa shape index (κ2) is 8.10. The Morgan fingerprint density at radius 3 is 2.74 bits per heavy atom. The van der Waals surface area contributed by atoms with E-state index in [0.717, 1.165) is 29.7 Å². The maximum atomic E-state index is 12.4. The number of halogens is 1. The third-order valence-electron chi connectivity index (χ3n) is 4.37. The molecule has 0 saturated heterocycles. The molecule has 0 bridgehead atoms. The number of hydrogen-bond donors (Lipinski definition) is 2. The lowest BCUT2D eigenvalue weighted by Gasteiger charge is -2.14. The molecule has 1 heterocycles. The number of carbonyl (C=O) groups is 3. The van der Waals surface area contributed by atoms with E-state index < -0.39 is 23.9 Å². The average Bonchev–Trinajstić information content (AvgIpc) is 3.16. The van der Waals surface area contributed by atoms with Crippen LogP contribution in [0.25, 0.3) is 0 Å². The molecule has 3 rings (SSSR count). The number of amides is 2. The number of carbonyl (C=O) groups excluding carboxylic acids is 3. The van der Waals surface area contributed by atoms with Crippen molar-refractivity contribution in [1.29, 1.82) is 0 Å². The summed E-state index contributed by atoms with van der Waals surface area (Å²) in [5, 5.41) is 3.56. The highest BCUT2D eigenvalue weighted by Gasteiger charge is 2.27. The Bertz CT molecular complexity index is 909. The van der Waals surface area contributed by atoms with Crippen molar-refractivity contribution in [2.45, 2.75) is 38.7 Å². The first-order valence-corrected chi connectivity index (χ1v) is 9.74. The van der Waals surface area contributed by atoms with Crippen molar-refractivity contribution in [1.82, 2.24) is 0 Å². The highest BCUT2D eigenvalue weighted by atomic mass is 35.5. The molecule has 142 valence electrons. The first-order valence-electron chi connectivity index (χ1n) is 8.55. The minimum atomic E-state index is -1.02. The fraction of sp³-hybridized carbons (Fsp3) is 0.316. The van der Waals surface area contributed by atoms with Gasteiger partial charge in [-0.05, 0) is 43.4 Å². The highest BCUT2D eigenvalue weighted by Crippen LogP contribution is 2.38. The number of aryl methyl sites for hydroxylation is 1. The van der Waals surface area contributed by atoms with Gasteiger partial charge in [0.2, 0.25) is 0 Å². The molecule has 1 aliphatic rings. The summed E-state index contributed by atoms with van der Waals surface area (Å²) in [5.74, 6) is -1.63. The second-order valence-corrected chi connectivity index (χ2v) is 7.83. The lowest BCUT2D eigenvalue weighted by molar-refractivity contribution is -0.152. The van der Waals surface area contributed by atoms with Gasteiger partial charge in [-0.15, -0.1) is 11.3 Å². The maximum Gasteiger partial charge on any atom is 0.311 e. The summed E-state index contributed by atoms with van der Waals surface area (Å²) in [6, 6.07) is 6.94. The molecule has 1 aromatic carbocycles. The minimum absolute atomic E-state index is 0.0306. The first-order chi connectivity index (χ1) is 12.9. The molecule has 0 aliphatic heterocycles. The Balaban J connectivity index is 1.64. The number of rotatable bonds is 6. The zero-order valence-electron chi connectivity index (χ0n) is 14.7. The molecular formula is C19H19ClN2O4S. The highest BCUT2D eigenvalue weighted by molar-refractivity contribution is 7.17. The van der Waals surface area contributed by atoms with Gasteiger partial charge in [-0.1, -0.05) is 29.8 Å². The molecule has 0 radical (unpaired) electrons. The van der Waals surface area contributed by atoms with Gasteiger partial charge < -0.3 is 15.8 Å². The van der Waals surface area contributed by atoms with E-state index in [0.29, 0.717) is 21.2 Å². The molecule has 3 N–H and O–H groups in total. The number of hydrogen-bond acceptors (Lipinski definition) is 5. The van der Waals surface area contributed by atoms with Crippen LogP contribution in [-0.4, -0.2) is 23.9 Å². The summed E-state index contributed by atoms with van der Waals surface area (Å²) in [7, 11) is 0. The molecule has 2 aromatic rings. The van der Waals surface area contributed by atoms with Crippen molar-refractivity contribution in [3.05, 3.63) is 50.9 Å². The van der Waals surface area contributed by atoms with Gasteiger partial charge >= 0.3 is 5.97 Å². The van der Waals surface area contributed by atoms with E-state index in [1.165, 1.54) is 18.3 Å². The van der Waals surface area contributed by atoms with Gasteiger partial charge in [0.15, 0.2) is 6.10 Å². The number of anilines is 1. The third-order valence-corrected chi connectivity index (χ3v) is 5.95. The van der Waals surface area contributed by atoms with Gasteiger partial charge in [0.05, 0.1) is 12.0 Å². The monoisotopic (exact) mass is 406 g/mol. The van der Waals surface area contributed by atoms with Crippen molar-refractivity contribution in [3.63, 3.8) is 0 Å². The van der Waals surface area contributed by atoms with Crippen molar-refractivity contribution in [3.8, 4) is 0 Å². The third kappa shape index (κ3) is 4.31. The Morgan fingerprint density at radius 1 is 1.30 bits per heavy atom. The number of thiophene rings is 1. The Hall–Kier alpha value is -2.38. The van der Waals surface area contributed by atoms with Crippen LogP contribution >= 0.6 is 22.9 Å². The van der Waals surface area contributed by atoms with Gasteiger partial charge in [-0.25, -0.2) is 0 Å². The summed E-state index contributed by atoms with van der Waals surface area (Å²) in [4.78, 5) is 37.4. The van der Waals surface area contributed by atoms with Crippen LogP contribution in [0, 0.1) is 0 Å². The predicted molar refractivity (Wildman–Crippen MR) is 104 cm³/mol. The van der Waals surface area contributed by atoms with E-state index in [-0.39, 0.29) is 6.42 Å². The van der Waals surface area contributed by atoms with Crippen LogP contribution in [0.5, 0.6) is 0 Å². The fourth-order valence-corrected chi connectivity index (χ4v) is 4.56. The van der Waals surface area contributed by atoms with Crippen LogP contribution in [0.2, 0.25) is 5.02 Å². The van der Waals surface area contributed by atoms with E-state index in [4.69, 9.17) is 22.1 Å². The van der Waals surface area contributed by atoms with Gasteiger partial charge in [0, 0.05) is 9.90 Å². The SMILES string of the molecule is C[C@H](OC(=O)Cc1ccccc1Cl)C(=O)Nc1sc2c(c1C(N)=O)CCC2. The van der Waals surface area contributed by atoms with Crippen molar-refractivity contribution >= 4 is 45.7 Å². The van der Waals surface area contributed by atoms with Crippen molar-refractivity contribution in [2.75, 3.05) is 5.32 Å². The van der Waals surface area contributed by atoms with E-state index in [2.05, 4.69) is 5.32 Å². The number of nitrogens with two attached hydrogens (primary N) is 1. The topological polar surface area (TPSA) is 98.5 Å². The second-order valence-electron chi connectivity index (χ2n) is 6.32. The van der Waals surface area contributed by atoms with Crippen LogP contribution in [0.1, 0.15) is 39.7 Å². The van der Waals surface area contributed by atoms with E-state index in [1.807, 2.05) is 0 Å². The molecule has 1 aliphatic carbocycles. The molecule has 0 spiro atoms. The maximum absolute atomic E-state index is 12.4. The lowest BCUT2D eigenvalue weighted by atomic mass is 10.1. The van der Waals surface area contributed by atoms with Gasteiger partial charge in [-0.3, -0.25) is 14.4 Å². The zero-order valence-corrected chi connectivity index (χ0v) is 16.3. The van der Waals surface area contributed by atoms with Crippen LogP contribution in [0.15, 0.2) is 24.3 Å². The molecule has 2 amide bonds.